The van der Waals surface area contributed by atoms with Crippen LogP contribution in [0.3, 0.4) is 0 Å². The van der Waals surface area contributed by atoms with Crippen molar-refractivity contribution in [2.45, 2.75) is 23.6 Å². The van der Waals surface area contributed by atoms with E-state index in [0.29, 0.717) is 16.4 Å². The molecule has 2 atom stereocenters. The van der Waals surface area contributed by atoms with Gasteiger partial charge in [-0.2, -0.15) is 0 Å². The molecule has 0 radical (unpaired) electrons. The second-order valence-corrected chi connectivity index (χ2v) is 10.7. The normalized spacial score (nSPS) is 18.9. The molecule has 0 spiro atoms. The van der Waals surface area contributed by atoms with E-state index >= 15 is 0 Å². The largest absolute Gasteiger partial charge is 0.477 e. The van der Waals surface area contributed by atoms with Crippen molar-refractivity contribution in [3.63, 3.8) is 0 Å². The third-order valence-electron chi connectivity index (χ3n) is 6.13. The summed E-state index contributed by atoms with van der Waals surface area (Å²) in [6.45, 7) is 0. The molecule has 3 aromatic carbocycles. The number of carboxylic acid groups (broad SMARTS) is 1. The summed E-state index contributed by atoms with van der Waals surface area (Å²) in [5, 5.41) is 12.3. The lowest BCUT2D eigenvalue weighted by Crippen LogP contribution is -2.70. The monoisotopic (exact) mass is 516 g/mol. The summed E-state index contributed by atoms with van der Waals surface area (Å²) in [6, 6.07) is 26.9. The fourth-order valence-electron chi connectivity index (χ4n) is 4.30. The number of nitrogens with zero attached hydrogens (tertiary/aromatic N) is 1. The molecule has 2 heterocycles. The molecule has 2 N–H and O–H groups in total. The molecule has 0 aromatic heterocycles. The van der Waals surface area contributed by atoms with Crippen molar-refractivity contribution in [1.29, 1.82) is 0 Å². The summed E-state index contributed by atoms with van der Waals surface area (Å²) in [5.41, 5.74) is 4.23. The number of rotatable bonds is 8. The minimum atomic E-state index is -1.12. The van der Waals surface area contributed by atoms with Crippen LogP contribution in [0, 0.1) is 0 Å². The molecule has 1 saturated heterocycles. The van der Waals surface area contributed by atoms with Crippen molar-refractivity contribution in [2.24, 2.45) is 0 Å². The van der Waals surface area contributed by atoms with Gasteiger partial charge in [-0.05, 0) is 22.3 Å². The summed E-state index contributed by atoms with van der Waals surface area (Å²) < 4.78 is 0. The number of aliphatic carboxylic acids is 1. The van der Waals surface area contributed by atoms with Gasteiger partial charge in [0.05, 0.1) is 6.42 Å². The molecule has 3 aromatic rings. The highest BCUT2D eigenvalue weighted by Gasteiger charge is 2.54. The van der Waals surface area contributed by atoms with E-state index in [9.17, 15) is 19.5 Å². The summed E-state index contributed by atoms with van der Waals surface area (Å²) >= 11 is 2.93. The molecule has 2 aliphatic heterocycles. The van der Waals surface area contributed by atoms with E-state index in [1.165, 1.54) is 28.4 Å². The summed E-state index contributed by atoms with van der Waals surface area (Å²) in [5.74, 6) is -0.666. The third kappa shape index (κ3) is 5.05. The van der Waals surface area contributed by atoms with Crippen LogP contribution in [0.4, 0.5) is 0 Å². The maximum absolute atomic E-state index is 12.9. The Morgan fingerprint density at radius 3 is 2.22 bits per heavy atom. The number of β-lactam (4-membered cyclic amide) rings is 1. The highest BCUT2D eigenvalue weighted by molar-refractivity contribution is 8.05. The number of fused-ring (bicyclic) bond motifs is 1. The van der Waals surface area contributed by atoms with Crippen molar-refractivity contribution in [3.05, 3.63) is 107 Å². The van der Waals surface area contributed by atoms with Crippen molar-refractivity contribution in [3.8, 4) is 11.1 Å². The van der Waals surface area contributed by atoms with Gasteiger partial charge in [0.15, 0.2) is 0 Å². The quantitative estimate of drug-likeness (QED) is 0.428. The van der Waals surface area contributed by atoms with Crippen LogP contribution < -0.4 is 5.32 Å². The van der Waals surface area contributed by atoms with E-state index in [1.54, 1.807) is 0 Å². The molecule has 0 saturated carbocycles. The third-order valence-corrected chi connectivity index (χ3v) is 8.76. The van der Waals surface area contributed by atoms with Gasteiger partial charge in [-0.25, -0.2) is 4.79 Å². The fraction of sp³-hybridized carbons (Fsp3) is 0.179. The smallest absolute Gasteiger partial charge is 0.353 e. The number of carbonyl (C=O) groups is 3. The zero-order chi connectivity index (χ0) is 25.1. The Morgan fingerprint density at radius 1 is 0.917 bits per heavy atom. The van der Waals surface area contributed by atoms with Crippen molar-refractivity contribution in [1.82, 2.24) is 10.2 Å². The van der Waals surface area contributed by atoms with Crippen LogP contribution in [0.2, 0.25) is 0 Å². The first kappa shape index (κ1) is 24.2. The van der Waals surface area contributed by atoms with Crippen LogP contribution in [0.25, 0.3) is 11.1 Å². The zero-order valence-corrected chi connectivity index (χ0v) is 20.9. The van der Waals surface area contributed by atoms with Crippen molar-refractivity contribution >= 4 is 41.3 Å². The lowest BCUT2D eigenvalue weighted by molar-refractivity contribution is -0.150. The van der Waals surface area contributed by atoms with Gasteiger partial charge in [0.1, 0.15) is 17.1 Å². The molecule has 5 rings (SSSR count). The minimum absolute atomic E-state index is 0.0308. The van der Waals surface area contributed by atoms with E-state index in [4.69, 9.17) is 0 Å². The Hall–Kier alpha value is -3.49. The van der Waals surface area contributed by atoms with Crippen LogP contribution in [0.5, 0.6) is 0 Å². The minimum Gasteiger partial charge on any atom is -0.477 e. The summed E-state index contributed by atoms with van der Waals surface area (Å²) in [4.78, 5) is 39.5. The van der Waals surface area contributed by atoms with Gasteiger partial charge < -0.3 is 10.4 Å². The topological polar surface area (TPSA) is 86.7 Å². The second kappa shape index (κ2) is 10.6. The van der Waals surface area contributed by atoms with Crippen LogP contribution in [0.1, 0.15) is 11.1 Å². The Labute approximate surface area is 217 Å². The van der Waals surface area contributed by atoms with Gasteiger partial charge in [-0.15, -0.1) is 23.5 Å². The predicted molar refractivity (Wildman–Crippen MR) is 143 cm³/mol. The number of benzene rings is 3. The first-order valence-electron chi connectivity index (χ1n) is 11.5. The van der Waals surface area contributed by atoms with E-state index in [-0.39, 0.29) is 23.9 Å². The maximum atomic E-state index is 12.9. The first-order chi connectivity index (χ1) is 17.5. The summed E-state index contributed by atoms with van der Waals surface area (Å²) in [6.07, 6.45) is 0.174. The van der Waals surface area contributed by atoms with Crippen LogP contribution in [0.15, 0.2) is 95.5 Å². The average Bonchev–Trinajstić information content (AvgIpc) is 2.91. The molecule has 2 aliphatic rings. The molecule has 182 valence electrons. The van der Waals surface area contributed by atoms with Gasteiger partial charge >= 0.3 is 5.97 Å². The maximum Gasteiger partial charge on any atom is 0.353 e. The first-order valence-corrected chi connectivity index (χ1v) is 13.6. The molecular formula is C28H24N2O4S2. The van der Waals surface area contributed by atoms with E-state index in [0.717, 1.165) is 22.3 Å². The predicted octanol–water partition coefficient (Wildman–Crippen LogP) is 4.53. The van der Waals surface area contributed by atoms with Crippen molar-refractivity contribution in [2.75, 3.05) is 5.75 Å². The SMILES string of the molecule is O=C(Cc1ccccc1)N[C@@H]1C(=O)N2C(C(=O)O)=C(SCc3ccc(-c4ccccc4)cc3)CS[C@H]12. The van der Waals surface area contributed by atoms with Crippen LogP contribution in [-0.2, 0) is 26.6 Å². The molecular weight excluding hydrogens is 492 g/mol. The van der Waals surface area contributed by atoms with E-state index in [2.05, 4.69) is 29.6 Å². The molecule has 0 unspecified atom stereocenters. The number of amides is 2. The summed E-state index contributed by atoms with van der Waals surface area (Å²) in [7, 11) is 0. The number of thioether (sulfide) groups is 2. The second-order valence-electron chi connectivity index (χ2n) is 8.55. The number of hydrogen-bond donors (Lipinski definition) is 2. The van der Waals surface area contributed by atoms with Crippen LogP contribution >= 0.6 is 23.5 Å². The fourth-order valence-corrected chi connectivity index (χ4v) is 6.89. The van der Waals surface area contributed by atoms with Crippen molar-refractivity contribution < 1.29 is 19.5 Å². The van der Waals surface area contributed by atoms with Gasteiger partial charge in [-0.3, -0.25) is 14.5 Å². The van der Waals surface area contributed by atoms with Gasteiger partial charge in [0.2, 0.25) is 5.91 Å². The molecule has 0 bridgehead atoms. The molecule has 1 fully saturated rings. The Kier molecular flexibility index (Phi) is 7.16. The van der Waals surface area contributed by atoms with E-state index in [1.807, 2.05) is 60.7 Å². The molecule has 0 aliphatic carbocycles. The van der Waals surface area contributed by atoms with Gasteiger partial charge in [-0.1, -0.05) is 84.9 Å². The Balaban J connectivity index is 1.23. The zero-order valence-electron chi connectivity index (χ0n) is 19.3. The Morgan fingerprint density at radius 2 is 1.56 bits per heavy atom. The van der Waals surface area contributed by atoms with E-state index < -0.39 is 17.4 Å². The standard InChI is InChI=1S/C28H24N2O4S2/c31-23(15-18-7-3-1-4-8-18)29-24-26(32)30-25(28(33)34)22(17-36-27(24)30)35-16-19-11-13-21(14-12-19)20-9-5-2-6-10-20/h1-14,24,27H,15-17H2,(H,29,31)(H,33,34)/t24-,27-/m1/s1. The number of carboxylic acids is 1. The van der Waals surface area contributed by atoms with Gasteiger partial charge in [0, 0.05) is 16.4 Å². The Bertz CT molecular complexity index is 1310. The highest BCUT2D eigenvalue weighted by Crippen LogP contribution is 2.44. The average molecular weight is 517 g/mol. The number of carbonyl (C=O) groups excluding carboxylic acids is 2. The lowest BCUT2D eigenvalue weighted by atomic mass is 10.0. The lowest BCUT2D eigenvalue weighted by Gasteiger charge is -2.49. The molecule has 36 heavy (non-hydrogen) atoms. The number of hydrogen-bond acceptors (Lipinski definition) is 5. The van der Waals surface area contributed by atoms with Crippen LogP contribution in [-0.4, -0.2) is 45.0 Å². The molecule has 2 amide bonds. The number of nitrogens with one attached hydrogen (secondary N) is 1. The molecule has 6 nitrogen and oxygen atoms in total. The van der Waals surface area contributed by atoms with Gasteiger partial charge in [0.25, 0.3) is 5.91 Å². The highest BCUT2D eigenvalue weighted by atomic mass is 32.2. The molecule has 8 heteroatoms.